The van der Waals surface area contributed by atoms with Gasteiger partial charge in [-0.15, -0.1) is 0 Å². The summed E-state index contributed by atoms with van der Waals surface area (Å²) in [6.45, 7) is 11.7. The highest BCUT2D eigenvalue weighted by Crippen LogP contribution is 2.22. The van der Waals surface area contributed by atoms with Gasteiger partial charge in [0.25, 0.3) is 0 Å². The van der Waals surface area contributed by atoms with Gasteiger partial charge in [-0.2, -0.15) is 0 Å². The van der Waals surface area contributed by atoms with Crippen molar-refractivity contribution in [1.82, 2.24) is 0 Å². The molecule has 0 atom stereocenters. The topological polar surface area (TPSA) is 149 Å². The Morgan fingerprint density at radius 3 is 1.21 bits per heavy atom. The molecule has 42 heavy (non-hydrogen) atoms. The second-order valence-electron chi connectivity index (χ2n) is 10.4. The second kappa shape index (κ2) is 17.2. The van der Waals surface area contributed by atoms with Crippen LogP contribution in [0.3, 0.4) is 0 Å². The molecular weight excluding hydrogens is 536 g/mol. The fraction of sp³-hybridized carbons (Fsp3) is 0.294. The fourth-order valence-corrected chi connectivity index (χ4v) is 3.66. The minimum atomic E-state index is -1.13. The molecule has 2 aromatic carbocycles. The van der Waals surface area contributed by atoms with E-state index in [1.165, 1.54) is 59.7 Å². The number of benzene rings is 2. The lowest BCUT2D eigenvalue weighted by molar-refractivity contribution is 0.0686. The quantitative estimate of drug-likeness (QED) is 0.113. The maximum absolute atomic E-state index is 12.1. The maximum atomic E-state index is 12.1. The van der Waals surface area contributed by atoms with Crippen molar-refractivity contribution in [2.75, 3.05) is 0 Å². The van der Waals surface area contributed by atoms with Crippen molar-refractivity contribution in [2.24, 2.45) is 0 Å². The SMILES string of the molecule is CC(C)=CCC/C(C)=C/C(=O)c1cc(C(=O)O)ccc1O.CC(C)=CCC/C(C)=C\C(=O)c1cc(C(=O)O)ccc1O. The van der Waals surface area contributed by atoms with Crippen LogP contribution in [-0.4, -0.2) is 43.9 Å². The van der Waals surface area contributed by atoms with Gasteiger partial charge in [-0.1, -0.05) is 34.4 Å². The van der Waals surface area contributed by atoms with Crippen LogP contribution in [0.2, 0.25) is 0 Å². The smallest absolute Gasteiger partial charge is 0.335 e. The monoisotopic (exact) mass is 576 g/mol. The van der Waals surface area contributed by atoms with Crippen LogP contribution in [-0.2, 0) is 0 Å². The molecular formula is C34H40O8. The number of phenolic OH excluding ortho intramolecular Hbond substituents is 2. The van der Waals surface area contributed by atoms with Crippen molar-refractivity contribution >= 4 is 23.5 Å². The Hall–Kier alpha value is -4.72. The molecule has 0 aliphatic carbocycles. The summed E-state index contributed by atoms with van der Waals surface area (Å²) in [5, 5.41) is 37.2. The van der Waals surface area contributed by atoms with E-state index < -0.39 is 11.9 Å². The predicted molar refractivity (Wildman–Crippen MR) is 164 cm³/mol. The largest absolute Gasteiger partial charge is 0.507 e. The number of hydrogen-bond acceptors (Lipinski definition) is 6. The number of carbonyl (C=O) groups excluding carboxylic acids is 2. The Balaban J connectivity index is 0.000000420. The Kier molecular flexibility index (Phi) is 14.4. The molecule has 2 rings (SSSR count). The summed E-state index contributed by atoms with van der Waals surface area (Å²) in [6.07, 6.45) is 10.2. The van der Waals surface area contributed by atoms with E-state index in [9.17, 15) is 29.4 Å². The molecule has 0 saturated carbocycles. The molecule has 0 aliphatic heterocycles. The van der Waals surface area contributed by atoms with Crippen LogP contribution in [0.1, 0.15) is 109 Å². The van der Waals surface area contributed by atoms with Crippen LogP contribution in [0, 0.1) is 0 Å². The lowest BCUT2D eigenvalue weighted by Crippen LogP contribution is -2.02. The molecule has 0 radical (unpaired) electrons. The molecule has 4 N–H and O–H groups in total. The van der Waals surface area contributed by atoms with Gasteiger partial charge >= 0.3 is 11.9 Å². The van der Waals surface area contributed by atoms with Gasteiger partial charge in [-0.3, -0.25) is 9.59 Å². The van der Waals surface area contributed by atoms with Crippen LogP contribution >= 0.6 is 0 Å². The number of aromatic carboxylic acids is 2. The third-order valence-corrected chi connectivity index (χ3v) is 5.96. The minimum absolute atomic E-state index is 0.0106. The second-order valence-corrected chi connectivity index (χ2v) is 10.4. The predicted octanol–water partition coefficient (Wildman–Crippen LogP) is 7.93. The zero-order valence-corrected chi connectivity index (χ0v) is 25.0. The van der Waals surface area contributed by atoms with E-state index in [-0.39, 0.29) is 45.3 Å². The van der Waals surface area contributed by atoms with E-state index in [1.54, 1.807) is 0 Å². The number of carboxylic acid groups (broad SMARTS) is 2. The van der Waals surface area contributed by atoms with Gasteiger partial charge in [0.15, 0.2) is 11.6 Å². The Morgan fingerprint density at radius 2 is 0.929 bits per heavy atom. The Bertz CT molecular complexity index is 1320. The first-order valence-corrected chi connectivity index (χ1v) is 13.4. The number of allylic oxidation sites excluding steroid dienone is 8. The van der Waals surface area contributed by atoms with Crippen molar-refractivity contribution in [3.05, 3.63) is 105 Å². The lowest BCUT2D eigenvalue weighted by atomic mass is 10.0. The Labute approximate surface area is 247 Å². The summed E-state index contributed by atoms with van der Waals surface area (Å²) in [4.78, 5) is 46.0. The number of rotatable bonds is 12. The molecule has 0 aromatic heterocycles. The first-order valence-electron chi connectivity index (χ1n) is 13.4. The van der Waals surface area contributed by atoms with E-state index >= 15 is 0 Å². The van der Waals surface area contributed by atoms with Gasteiger partial charge in [0.2, 0.25) is 0 Å². The van der Waals surface area contributed by atoms with Gasteiger partial charge in [-0.25, -0.2) is 9.59 Å². The van der Waals surface area contributed by atoms with Crippen molar-refractivity contribution in [3.8, 4) is 11.5 Å². The van der Waals surface area contributed by atoms with Crippen LogP contribution < -0.4 is 0 Å². The first kappa shape index (κ1) is 35.3. The van der Waals surface area contributed by atoms with Crippen molar-refractivity contribution in [3.63, 3.8) is 0 Å². The third-order valence-electron chi connectivity index (χ3n) is 5.96. The van der Waals surface area contributed by atoms with Crippen LogP contribution in [0.5, 0.6) is 11.5 Å². The molecule has 0 bridgehead atoms. The van der Waals surface area contributed by atoms with E-state index in [4.69, 9.17) is 10.2 Å². The van der Waals surface area contributed by atoms with Gasteiger partial charge in [0.1, 0.15) is 11.5 Å². The molecule has 2 aromatic rings. The number of ketones is 2. The van der Waals surface area contributed by atoms with Gasteiger partial charge in [-0.05, 0) is 116 Å². The zero-order chi connectivity index (χ0) is 32.0. The molecule has 0 heterocycles. The molecule has 224 valence electrons. The fourth-order valence-electron chi connectivity index (χ4n) is 3.66. The van der Waals surface area contributed by atoms with Crippen LogP contribution in [0.25, 0.3) is 0 Å². The number of carboxylic acids is 2. The standard InChI is InChI=1S/2C17H20O4/c2*1-11(2)5-4-6-12(3)9-16(19)14-10-13(17(20)21)7-8-15(14)18/h2*5,7-10,18H,4,6H2,1-3H3,(H,20,21)/b12-9+;12-9-. The molecule has 0 spiro atoms. The molecule has 0 fully saturated rings. The lowest BCUT2D eigenvalue weighted by Gasteiger charge is -2.04. The van der Waals surface area contributed by atoms with Crippen LogP contribution in [0.4, 0.5) is 0 Å². The number of phenols is 2. The first-order chi connectivity index (χ1) is 19.6. The summed E-state index contributed by atoms with van der Waals surface area (Å²) in [5.74, 6) is -3.45. The summed E-state index contributed by atoms with van der Waals surface area (Å²) in [5.41, 5.74) is 4.20. The maximum Gasteiger partial charge on any atom is 0.335 e. The molecule has 0 saturated heterocycles. The van der Waals surface area contributed by atoms with Crippen molar-refractivity contribution < 1.29 is 39.6 Å². The highest BCUT2D eigenvalue weighted by Gasteiger charge is 2.14. The summed E-state index contributed by atoms with van der Waals surface area (Å²) >= 11 is 0. The minimum Gasteiger partial charge on any atom is -0.507 e. The molecule has 0 amide bonds. The third kappa shape index (κ3) is 12.6. The average molecular weight is 577 g/mol. The molecule has 8 heteroatoms. The Morgan fingerprint density at radius 1 is 0.595 bits per heavy atom. The number of hydrogen-bond donors (Lipinski definition) is 4. The van der Waals surface area contributed by atoms with E-state index in [2.05, 4.69) is 12.2 Å². The van der Waals surface area contributed by atoms with Gasteiger partial charge < -0.3 is 20.4 Å². The van der Waals surface area contributed by atoms with E-state index in [0.717, 1.165) is 36.8 Å². The van der Waals surface area contributed by atoms with Gasteiger partial charge in [0.05, 0.1) is 22.3 Å². The molecule has 0 unspecified atom stereocenters. The summed E-state index contributed by atoms with van der Waals surface area (Å²) < 4.78 is 0. The zero-order valence-electron chi connectivity index (χ0n) is 25.0. The summed E-state index contributed by atoms with van der Waals surface area (Å²) in [7, 11) is 0. The molecule has 0 aliphatic rings. The highest BCUT2D eigenvalue weighted by atomic mass is 16.4. The highest BCUT2D eigenvalue weighted by molar-refractivity contribution is 6.08. The summed E-state index contributed by atoms with van der Waals surface area (Å²) in [6, 6.07) is 7.37. The average Bonchev–Trinajstić information content (AvgIpc) is 2.88. The van der Waals surface area contributed by atoms with Gasteiger partial charge in [0, 0.05) is 0 Å². The van der Waals surface area contributed by atoms with Crippen molar-refractivity contribution in [2.45, 2.75) is 67.2 Å². The number of carbonyl (C=O) groups is 4. The van der Waals surface area contributed by atoms with Crippen molar-refractivity contribution in [1.29, 1.82) is 0 Å². The van der Waals surface area contributed by atoms with E-state index in [1.807, 2.05) is 41.5 Å². The molecule has 8 nitrogen and oxygen atoms in total. The normalized spacial score (nSPS) is 11.1. The van der Waals surface area contributed by atoms with E-state index in [0.29, 0.717) is 0 Å². The number of aromatic hydroxyl groups is 2. The van der Waals surface area contributed by atoms with Crippen LogP contribution in [0.15, 0.2) is 83.0 Å².